The smallest absolute Gasteiger partial charge is 0.259 e. The quantitative estimate of drug-likeness (QED) is 0.244. The van der Waals surface area contributed by atoms with Crippen LogP contribution in [0.15, 0.2) is 60.8 Å². The summed E-state index contributed by atoms with van der Waals surface area (Å²) in [6, 6.07) is 14.9. The zero-order valence-corrected chi connectivity index (χ0v) is 25.7. The molecule has 0 bridgehead atoms. The fraction of sp³-hybridized carbons (Fsp3) is 0.355. The van der Waals surface area contributed by atoms with Crippen LogP contribution in [0.2, 0.25) is 0 Å². The summed E-state index contributed by atoms with van der Waals surface area (Å²) in [4.78, 5) is 50.3. The number of halogens is 1. The van der Waals surface area contributed by atoms with E-state index in [0.29, 0.717) is 11.4 Å². The number of para-hydroxylation sites is 1. The molecule has 11 heteroatoms. The van der Waals surface area contributed by atoms with E-state index in [1.54, 1.807) is 24.4 Å². The van der Waals surface area contributed by atoms with Crippen molar-refractivity contribution in [2.45, 2.75) is 18.8 Å². The highest BCUT2D eigenvalue weighted by Crippen LogP contribution is 2.30. The number of piperazine rings is 1. The van der Waals surface area contributed by atoms with E-state index in [9.17, 15) is 19.5 Å². The van der Waals surface area contributed by atoms with Gasteiger partial charge in [-0.2, -0.15) is 0 Å². The Labute approximate surface area is 259 Å². The summed E-state index contributed by atoms with van der Waals surface area (Å²) in [5, 5.41) is 15.9. The van der Waals surface area contributed by atoms with Gasteiger partial charge in [0.1, 0.15) is 11.6 Å². The summed E-state index contributed by atoms with van der Waals surface area (Å²) < 4.78 is 0.924. The number of hydrogen-bond acceptors (Lipinski definition) is 7. The molecule has 1 atom stereocenters. The Morgan fingerprint density at radius 1 is 0.952 bits per heavy atom. The van der Waals surface area contributed by atoms with Crippen LogP contribution in [0.4, 0.5) is 11.5 Å². The van der Waals surface area contributed by atoms with Crippen molar-refractivity contribution < 1.29 is 19.5 Å². The number of pyridine rings is 1. The Morgan fingerprint density at radius 3 is 2.43 bits per heavy atom. The van der Waals surface area contributed by atoms with Crippen molar-refractivity contribution in [3.05, 3.63) is 81.1 Å². The van der Waals surface area contributed by atoms with E-state index in [2.05, 4.69) is 55.1 Å². The van der Waals surface area contributed by atoms with E-state index in [4.69, 9.17) is 0 Å². The molecule has 0 radical (unpaired) electrons. The monoisotopic (exact) mass is 682 g/mol. The number of likely N-dealkylation sites (tertiary alicyclic amines) is 1. The molecule has 2 aromatic carbocycles. The molecule has 3 aromatic rings. The average molecular weight is 683 g/mol. The van der Waals surface area contributed by atoms with E-state index in [-0.39, 0.29) is 28.8 Å². The van der Waals surface area contributed by atoms with Crippen molar-refractivity contribution in [1.82, 2.24) is 19.7 Å². The van der Waals surface area contributed by atoms with Crippen molar-refractivity contribution in [2.24, 2.45) is 0 Å². The summed E-state index contributed by atoms with van der Waals surface area (Å²) in [6.07, 6.45) is 3.34. The van der Waals surface area contributed by atoms with Crippen LogP contribution in [-0.4, -0.2) is 95.4 Å². The van der Waals surface area contributed by atoms with Gasteiger partial charge in [0, 0.05) is 61.1 Å². The van der Waals surface area contributed by atoms with Gasteiger partial charge in [-0.05, 0) is 84.4 Å². The molecule has 1 aromatic heterocycles. The number of carbonyl (C=O) groups is 3. The minimum Gasteiger partial charge on any atom is -0.506 e. The van der Waals surface area contributed by atoms with Gasteiger partial charge in [0.2, 0.25) is 5.91 Å². The number of aromatic hydroxyl groups is 1. The van der Waals surface area contributed by atoms with Gasteiger partial charge in [-0.3, -0.25) is 19.3 Å². The summed E-state index contributed by atoms with van der Waals surface area (Å²) in [5.74, 6) is -0.960. The lowest BCUT2D eigenvalue weighted by atomic mass is 9.89. The molecule has 0 aliphatic carbocycles. The second-order valence-corrected chi connectivity index (χ2v) is 12.0. The van der Waals surface area contributed by atoms with Crippen LogP contribution in [0.1, 0.15) is 45.0 Å². The number of aromatic nitrogens is 1. The topological polar surface area (TPSA) is 118 Å². The largest absolute Gasteiger partial charge is 0.506 e. The Balaban J connectivity index is 1.22. The van der Waals surface area contributed by atoms with E-state index in [1.807, 2.05) is 23.1 Å². The maximum absolute atomic E-state index is 13.3. The highest BCUT2D eigenvalue weighted by Gasteiger charge is 2.30. The molecule has 2 aliphatic heterocycles. The lowest BCUT2D eigenvalue weighted by molar-refractivity contribution is -0.135. The number of phenols is 1. The van der Waals surface area contributed by atoms with Crippen LogP contribution < -0.4 is 10.6 Å². The lowest BCUT2D eigenvalue weighted by Crippen LogP contribution is -2.49. The molecular formula is C31H35IN6O4. The highest BCUT2D eigenvalue weighted by molar-refractivity contribution is 14.1. The first-order valence-electron chi connectivity index (χ1n) is 14.1. The zero-order chi connectivity index (χ0) is 29.6. The van der Waals surface area contributed by atoms with Gasteiger partial charge in [-0.15, -0.1) is 0 Å². The van der Waals surface area contributed by atoms with Crippen molar-refractivity contribution in [1.29, 1.82) is 0 Å². The van der Waals surface area contributed by atoms with Crippen LogP contribution in [0.5, 0.6) is 5.75 Å². The number of hydrogen-bond donors (Lipinski definition) is 3. The molecule has 2 fully saturated rings. The maximum Gasteiger partial charge on any atom is 0.259 e. The minimum absolute atomic E-state index is 0.00744. The Bertz CT molecular complexity index is 1420. The lowest BCUT2D eigenvalue weighted by Gasteiger charge is -2.36. The number of phenolic OH excluding ortho intramolecular Hbond substituents is 1. The second-order valence-electron chi connectivity index (χ2n) is 10.8. The average Bonchev–Trinajstić information content (AvgIpc) is 2.99. The first kappa shape index (κ1) is 29.9. The molecule has 3 N–H and O–H groups in total. The van der Waals surface area contributed by atoms with Gasteiger partial charge in [0.05, 0.1) is 17.2 Å². The van der Waals surface area contributed by atoms with Crippen LogP contribution in [0.25, 0.3) is 0 Å². The van der Waals surface area contributed by atoms with E-state index in [1.165, 1.54) is 18.2 Å². The first-order valence-corrected chi connectivity index (χ1v) is 15.2. The highest BCUT2D eigenvalue weighted by atomic mass is 127. The fourth-order valence-electron chi connectivity index (χ4n) is 5.35. The maximum atomic E-state index is 13.3. The van der Waals surface area contributed by atoms with Crippen LogP contribution in [-0.2, 0) is 4.79 Å². The molecule has 0 saturated carbocycles. The predicted molar refractivity (Wildman–Crippen MR) is 170 cm³/mol. The Kier molecular flexibility index (Phi) is 9.70. The van der Waals surface area contributed by atoms with Crippen LogP contribution >= 0.6 is 22.6 Å². The number of nitrogens with zero attached hydrogens (tertiary/aromatic N) is 4. The third-order valence-corrected chi connectivity index (χ3v) is 8.52. The summed E-state index contributed by atoms with van der Waals surface area (Å²) in [6.45, 7) is 6.57. The van der Waals surface area contributed by atoms with Crippen LogP contribution in [0, 0.1) is 3.57 Å². The number of piperidine rings is 1. The van der Waals surface area contributed by atoms with Gasteiger partial charge < -0.3 is 25.5 Å². The number of amides is 3. The van der Waals surface area contributed by atoms with Crippen molar-refractivity contribution >= 4 is 51.8 Å². The molecule has 1 unspecified atom stereocenters. The van der Waals surface area contributed by atoms with Crippen molar-refractivity contribution in [3.63, 3.8) is 0 Å². The predicted octanol–water partition coefficient (Wildman–Crippen LogP) is 3.85. The van der Waals surface area contributed by atoms with E-state index < -0.39 is 11.8 Å². The molecule has 2 saturated heterocycles. The normalized spacial score (nSPS) is 18.1. The number of benzene rings is 2. The molecule has 42 heavy (non-hydrogen) atoms. The van der Waals surface area contributed by atoms with Gasteiger partial charge in [0.25, 0.3) is 11.8 Å². The van der Waals surface area contributed by atoms with Gasteiger partial charge in [-0.25, -0.2) is 4.98 Å². The number of anilines is 2. The van der Waals surface area contributed by atoms with Crippen LogP contribution in [0.3, 0.4) is 0 Å². The van der Waals surface area contributed by atoms with Gasteiger partial charge in [-0.1, -0.05) is 18.2 Å². The third-order valence-electron chi connectivity index (χ3n) is 7.88. The number of rotatable bonds is 8. The minimum atomic E-state index is -0.516. The molecule has 0 spiro atoms. The standard InChI is InChI=1S/C31H35IN6O4/c1-36-14-16-37(17-15-36)18-19-38-13-3-5-24(31(38)42)21-7-9-22(10-8-21)29(40)35-28-25(4-2-6-26(28)39)30(41)34-27-12-11-23(32)20-33-27/h2,4,6-12,20,24,39H,3,5,13-19H2,1H3,(H,35,40)(H,33,34,41). The third kappa shape index (κ3) is 7.26. The summed E-state index contributed by atoms with van der Waals surface area (Å²) in [7, 11) is 2.14. The van der Waals surface area contributed by atoms with E-state index in [0.717, 1.165) is 67.8 Å². The summed E-state index contributed by atoms with van der Waals surface area (Å²) >= 11 is 2.12. The molecular weight excluding hydrogens is 647 g/mol. The van der Waals surface area contributed by atoms with Gasteiger partial charge >= 0.3 is 0 Å². The SMILES string of the molecule is CN1CCN(CCN2CCCC(c3ccc(C(=O)Nc4c(O)cccc4C(=O)Nc4ccc(I)cn4)cc3)C2=O)CC1. The zero-order valence-electron chi connectivity index (χ0n) is 23.6. The molecule has 5 rings (SSSR count). The first-order chi connectivity index (χ1) is 20.3. The fourth-order valence-corrected chi connectivity index (χ4v) is 5.67. The number of carbonyl (C=O) groups excluding carboxylic acids is 3. The van der Waals surface area contributed by atoms with Crippen molar-refractivity contribution in [3.8, 4) is 5.75 Å². The summed E-state index contributed by atoms with van der Waals surface area (Å²) in [5.41, 5.74) is 1.34. The van der Waals surface area contributed by atoms with Crippen molar-refractivity contribution in [2.75, 3.05) is 63.5 Å². The number of likely N-dealkylation sites (N-methyl/N-ethyl adjacent to an activating group) is 1. The molecule has 3 amide bonds. The van der Waals surface area contributed by atoms with Gasteiger partial charge in [0.15, 0.2) is 0 Å². The molecule has 2 aliphatic rings. The number of nitrogens with one attached hydrogen (secondary N) is 2. The molecule has 3 heterocycles. The Hall–Kier alpha value is -3.55. The second kappa shape index (κ2) is 13.6. The van der Waals surface area contributed by atoms with E-state index >= 15 is 0 Å². The molecule has 10 nitrogen and oxygen atoms in total. The molecule has 220 valence electrons. The Morgan fingerprint density at radius 2 is 1.71 bits per heavy atom.